The lowest BCUT2D eigenvalue weighted by Gasteiger charge is -2.08. The van der Waals surface area contributed by atoms with Crippen molar-refractivity contribution in [1.82, 2.24) is 9.78 Å². The molecule has 1 aromatic heterocycles. The summed E-state index contributed by atoms with van der Waals surface area (Å²) in [6.07, 6.45) is 1.57. The molecule has 0 bridgehead atoms. The van der Waals surface area contributed by atoms with Gasteiger partial charge in [-0.1, -0.05) is 23.7 Å². The van der Waals surface area contributed by atoms with Crippen molar-refractivity contribution in [3.8, 4) is 5.88 Å². The maximum absolute atomic E-state index is 12.4. The lowest BCUT2D eigenvalue weighted by Crippen LogP contribution is -2.14. The molecule has 7 nitrogen and oxygen atoms in total. The molecule has 0 saturated heterocycles. The van der Waals surface area contributed by atoms with E-state index >= 15 is 0 Å². The van der Waals surface area contributed by atoms with Crippen molar-refractivity contribution >= 4 is 34.8 Å². The number of hydrogen-bond donors (Lipinski definition) is 2. The van der Waals surface area contributed by atoms with Crippen LogP contribution in [0.4, 0.5) is 11.4 Å². The molecule has 1 heterocycles. The quantitative estimate of drug-likeness (QED) is 0.704. The highest BCUT2D eigenvalue weighted by Crippen LogP contribution is 2.22. The van der Waals surface area contributed by atoms with Gasteiger partial charge in [0.05, 0.1) is 17.8 Å². The molecule has 0 aliphatic heterocycles. The molecule has 0 spiro atoms. The average molecular weight is 385 g/mol. The van der Waals surface area contributed by atoms with Gasteiger partial charge in [0.25, 0.3) is 11.8 Å². The summed E-state index contributed by atoms with van der Waals surface area (Å²) in [4.78, 5) is 24.7. The molecule has 0 radical (unpaired) electrons. The summed E-state index contributed by atoms with van der Waals surface area (Å²) >= 11 is 6.04. The molecule has 2 N–H and O–H groups in total. The monoisotopic (exact) mass is 384 g/mol. The molecule has 27 heavy (non-hydrogen) atoms. The summed E-state index contributed by atoms with van der Waals surface area (Å²) in [6.45, 7) is 0. The van der Waals surface area contributed by atoms with Gasteiger partial charge in [0.1, 0.15) is 5.56 Å². The van der Waals surface area contributed by atoms with Crippen LogP contribution in [0.1, 0.15) is 20.7 Å². The summed E-state index contributed by atoms with van der Waals surface area (Å²) in [5, 5.41) is 10.00. The largest absolute Gasteiger partial charge is 0.479 e. The second kappa shape index (κ2) is 7.92. The van der Waals surface area contributed by atoms with E-state index in [1.807, 2.05) is 0 Å². The summed E-state index contributed by atoms with van der Waals surface area (Å²) in [5.41, 5.74) is 1.83. The van der Waals surface area contributed by atoms with Crippen molar-refractivity contribution in [3.63, 3.8) is 0 Å². The third-order valence-electron chi connectivity index (χ3n) is 3.76. The number of aryl methyl sites for hydroxylation is 1. The Morgan fingerprint density at radius 2 is 1.74 bits per heavy atom. The number of halogens is 1. The molecule has 3 aromatic rings. The van der Waals surface area contributed by atoms with Gasteiger partial charge >= 0.3 is 0 Å². The molecule has 0 aliphatic rings. The van der Waals surface area contributed by atoms with E-state index in [0.717, 1.165) is 0 Å². The number of ether oxygens (including phenoxy) is 1. The van der Waals surface area contributed by atoms with Gasteiger partial charge in [0.2, 0.25) is 5.88 Å². The molecular weight excluding hydrogens is 368 g/mol. The smallest absolute Gasteiger partial charge is 0.262 e. The number of nitrogens with zero attached hydrogens (tertiary/aromatic N) is 2. The topological polar surface area (TPSA) is 85.2 Å². The molecular formula is C19H17ClN4O3. The number of rotatable bonds is 5. The first-order chi connectivity index (χ1) is 13.0. The van der Waals surface area contributed by atoms with Crippen LogP contribution >= 0.6 is 11.6 Å². The number of benzene rings is 2. The maximum atomic E-state index is 12.4. The summed E-state index contributed by atoms with van der Waals surface area (Å²) in [5.74, 6) is -0.408. The highest BCUT2D eigenvalue weighted by atomic mass is 35.5. The summed E-state index contributed by atoms with van der Waals surface area (Å²) < 4.78 is 6.58. The van der Waals surface area contributed by atoms with Crippen LogP contribution in [0.25, 0.3) is 0 Å². The summed E-state index contributed by atoms with van der Waals surface area (Å²) in [6, 6.07) is 13.5. The Balaban J connectivity index is 1.69. The number of carbonyl (C=O) groups is 2. The van der Waals surface area contributed by atoms with Gasteiger partial charge in [-0.05, 0) is 36.4 Å². The van der Waals surface area contributed by atoms with Gasteiger partial charge in [-0.2, -0.15) is 0 Å². The van der Waals surface area contributed by atoms with Crippen LogP contribution in [0.2, 0.25) is 5.02 Å². The number of nitrogens with one attached hydrogen (secondary N) is 2. The lowest BCUT2D eigenvalue weighted by atomic mass is 10.2. The number of amides is 2. The molecule has 2 aromatic carbocycles. The standard InChI is InChI=1S/C19H17ClN4O3/c1-24-11-14(19(23-24)27-2)18(26)21-13-9-7-12(8-10-13)17(25)22-16-6-4-3-5-15(16)20/h3-11H,1-2H3,(H,21,26)(H,22,25). The van der Waals surface area contributed by atoms with Crippen LogP contribution in [-0.4, -0.2) is 28.7 Å². The van der Waals surface area contributed by atoms with Gasteiger partial charge in [-0.15, -0.1) is 5.10 Å². The Labute approximate surface area is 160 Å². The Morgan fingerprint density at radius 3 is 2.41 bits per heavy atom. The van der Waals surface area contributed by atoms with Crippen molar-refractivity contribution in [2.75, 3.05) is 17.7 Å². The number of methoxy groups -OCH3 is 1. The first-order valence-corrected chi connectivity index (χ1v) is 8.40. The second-order valence-electron chi connectivity index (χ2n) is 5.69. The van der Waals surface area contributed by atoms with Crippen LogP contribution in [0.15, 0.2) is 54.7 Å². The predicted molar refractivity (Wildman–Crippen MR) is 104 cm³/mol. The minimum Gasteiger partial charge on any atom is -0.479 e. The van der Waals surface area contributed by atoms with Gasteiger partial charge in [-0.3, -0.25) is 14.3 Å². The molecule has 8 heteroatoms. The van der Waals surface area contributed by atoms with E-state index in [2.05, 4.69) is 15.7 Å². The molecule has 0 aliphatic carbocycles. The third kappa shape index (κ3) is 4.27. The van der Waals surface area contributed by atoms with Crippen LogP contribution < -0.4 is 15.4 Å². The van der Waals surface area contributed by atoms with E-state index in [4.69, 9.17) is 16.3 Å². The van der Waals surface area contributed by atoms with Crippen molar-refractivity contribution in [2.24, 2.45) is 7.05 Å². The molecule has 0 fully saturated rings. The zero-order valence-corrected chi connectivity index (χ0v) is 15.4. The fraction of sp³-hybridized carbons (Fsp3) is 0.105. The fourth-order valence-corrected chi connectivity index (χ4v) is 2.62. The SMILES string of the molecule is COc1nn(C)cc1C(=O)Nc1ccc(C(=O)Nc2ccccc2Cl)cc1. The first-order valence-electron chi connectivity index (χ1n) is 8.03. The Kier molecular flexibility index (Phi) is 5.42. The average Bonchev–Trinajstić information content (AvgIpc) is 3.05. The van der Waals surface area contributed by atoms with Gasteiger partial charge in [-0.25, -0.2) is 0 Å². The lowest BCUT2D eigenvalue weighted by molar-refractivity contribution is 0.101. The van der Waals surface area contributed by atoms with Gasteiger partial charge < -0.3 is 15.4 Å². The Morgan fingerprint density at radius 1 is 1.04 bits per heavy atom. The zero-order valence-electron chi connectivity index (χ0n) is 14.7. The third-order valence-corrected chi connectivity index (χ3v) is 4.09. The van der Waals surface area contributed by atoms with E-state index in [9.17, 15) is 9.59 Å². The van der Waals surface area contributed by atoms with E-state index in [1.165, 1.54) is 11.8 Å². The van der Waals surface area contributed by atoms with Crippen molar-refractivity contribution < 1.29 is 14.3 Å². The van der Waals surface area contributed by atoms with E-state index < -0.39 is 0 Å². The molecule has 0 atom stereocenters. The normalized spacial score (nSPS) is 10.3. The maximum Gasteiger partial charge on any atom is 0.262 e. The number of para-hydroxylation sites is 1. The second-order valence-corrected chi connectivity index (χ2v) is 6.10. The molecule has 0 unspecified atom stereocenters. The van der Waals surface area contributed by atoms with E-state index in [-0.39, 0.29) is 17.7 Å². The number of anilines is 2. The minimum absolute atomic E-state index is 0.241. The van der Waals surface area contributed by atoms with Crippen LogP contribution in [0, 0.1) is 0 Å². The first kappa shape index (κ1) is 18.5. The van der Waals surface area contributed by atoms with E-state index in [1.54, 1.807) is 61.8 Å². The molecule has 0 saturated carbocycles. The minimum atomic E-state index is -0.354. The van der Waals surface area contributed by atoms with Crippen LogP contribution in [0.3, 0.4) is 0 Å². The molecule has 138 valence electrons. The summed E-state index contributed by atoms with van der Waals surface area (Å²) in [7, 11) is 3.15. The zero-order chi connectivity index (χ0) is 19.4. The highest BCUT2D eigenvalue weighted by Gasteiger charge is 2.16. The van der Waals surface area contributed by atoms with Crippen LogP contribution in [0.5, 0.6) is 5.88 Å². The van der Waals surface area contributed by atoms with E-state index in [0.29, 0.717) is 27.5 Å². The van der Waals surface area contributed by atoms with Gasteiger partial charge in [0.15, 0.2) is 0 Å². The van der Waals surface area contributed by atoms with Gasteiger partial charge in [0, 0.05) is 24.5 Å². The Hall–Kier alpha value is -3.32. The number of aromatic nitrogens is 2. The highest BCUT2D eigenvalue weighted by molar-refractivity contribution is 6.33. The van der Waals surface area contributed by atoms with Crippen LogP contribution in [-0.2, 0) is 7.05 Å². The van der Waals surface area contributed by atoms with Crippen molar-refractivity contribution in [1.29, 1.82) is 0 Å². The predicted octanol–water partition coefficient (Wildman–Crippen LogP) is 3.59. The number of carbonyl (C=O) groups excluding carboxylic acids is 2. The Bertz CT molecular complexity index is 983. The van der Waals surface area contributed by atoms with Crippen molar-refractivity contribution in [2.45, 2.75) is 0 Å². The molecule has 2 amide bonds. The van der Waals surface area contributed by atoms with Crippen molar-refractivity contribution in [3.05, 3.63) is 70.9 Å². The number of hydrogen-bond acceptors (Lipinski definition) is 4. The molecule has 3 rings (SSSR count). The fourth-order valence-electron chi connectivity index (χ4n) is 2.44.